The SMILES string of the molecule is NS(=O)(=O)c1cc(OCCOc2ncccn2)ccc1-c1ccccc1. The number of primary sulfonamides is 1. The van der Waals surface area contributed by atoms with E-state index in [0.717, 1.165) is 5.56 Å². The van der Waals surface area contributed by atoms with Gasteiger partial charge in [0.2, 0.25) is 10.0 Å². The minimum Gasteiger partial charge on any atom is -0.490 e. The summed E-state index contributed by atoms with van der Waals surface area (Å²) in [7, 11) is -3.91. The number of hydrogen-bond donors (Lipinski definition) is 1. The molecule has 26 heavy (non-hydrogen) atoms. The van der Waals surface area contributed by atoms with E-state index in [4.69, 9.17) is 14.6 Å². The zero-order valence-corrected chi connectivity index (χ0v) is 14.6. The quantitative estimate of drug-likeness (QED) is 0.639. The van der Waals surface area contributed by atoms with E-state index < -0.39 is 10.0 Å². The maximum atomic E-state index is 12.0. The van der Waals surface area contributed by atoms with Crippen LogP contribution < -0.4 is 14.6 Å². The highest BCUT2D eigenvalue weighted by Crippen LogP contribution is 2.30. The molecule has 1 aromatic heterocycles. The average Bonchev–Trinajstić information content (AvgIpc) is 2.66. The first-order valence-electron chi connectivity index (χ1n) is 7.79. The molecule has 7 nitrogen and oxygen atoms in total. The summed E-state index contributed by atoms with van der Waals surface area (Å²) in [6.07, 6.45) is 3.15. The van der Waals surface area contributed by atoms with Crippen LogP contribution in [0.1, 0.15) is 0 Å². The van der Waals surface area contributed by atoms with Gasteiger partial charge in [0.1, 0.15) is 19.0 Å². The van der Waals surface area contributed by atoms with Crippen molar-refractivity contribution in [1.29, 1.82) is 0 Å². The van der Waals surface area contributed by atoms with E-state index in [1.807, 2.05) is 30.3 Å². The molecule has 134 valence electrons. The predicted molar refractivity (Wildman–Crippen MR) is 96.3 cm³/mol. The highest BCUT2D eigenvalue weighted by atomic mass is 32.2. The lowest BCUT2D eigenvalue weighted by molar-refractivity contribution is 0.206. The number of hydrogen-bond acceptors (Lipinski definition) is 6. The van der Waals surface area contributed by atoms with Crippen LogP contribution in [0.2, 0.25) is 0 Å². The Kier molecular flexibility index (Phi) is 5.45. The number of sulfonamides is 1. The molecule has 0 saturated carbocycles. The van der Waals surface area contributed by atoms with E-state index in [2.05, 4.69) is 9.97 Å². The Hall–Kier alpha value is -2.97. The van der Waals surface area contributed by atoms with Crippen molar-refractivity contribution in [2.24, 2.45) is 5.14 Å². The maximum absolute atomic E-state index is 12.0. The Labute approximate surface area is 151 Å². The second-order valence-electron chi connectivity index (χ2n) is 5.30. The van der Waals surface area contributed by atoms with Crippen molar-refractivity contribution in [2.75, 3.05) is 13.2 Å². The van der Waals surface area contributed by atoms with Crippen molar-refractivity contribution >= 4 is 10.0 Å². The molecule has 0 aliphatic heterocycles. The minimum absolute atomic E-state index is 0.00788. The molecule has 3 aromatic rings. The van der Waals surface area contributed by atoms with E-state index >= 15 is 0 Å². The first-order valence-corrected chi connectivity index (χ1v) is 9.33. The zero-order chi connectivity index (χ0) is 18.4. The monoisotopic (exact) mass is 371 g/mol. The lowest BCUT2D eigenvalue weighted by Gasteiger charge is -2.12. The van der Waals surface area contributed by atoms with Gasteiger partial charge in [0.15, 0.2) is 0 Å². The van der Waals surface area contributed by atoms with Crippen molar-refractivity contribution in [1.82, 2.24) is 9.97 Å². The molecule has 0 aliphatic carbocycles. The van der Waals surface area contributed by atoms with Crippen LogP contribution in [0.15, 0.2) is 71.9 Å². The van der Waals surface area contributed by atoms with Crippen LogP contribution in [0.3, 0.4) is 0 Å². The van der Waals surface area contributed by atoms with Crippen LogP contribution in [0, 0.1) is 0 Å². The largest absolute Gasteiger partial charge is 0.490 e. The van der Waals surface area contributed by atoms with Crippen LogP contribution in [-0.4, -0.2) is 31.6 Å². The number of benzene rings is 2. The Balaban J connectivity index is 1.73. The summed E-state index contributed by atoms with van der Waals surface area (Å²) in [4.78, 5) is 7.87. The van der Waals surface area contributed by atoms with Crippen LogP contribution in [0.5, 0.6) is 11.8 Å². The van der Waals surface area contributed by atoms with Crippen molar-refractivity contribution in [3.05, 3.63) is 67.0 Å². The molecule has 0 spiro atoms. The first-order chi connectivity index (χ1) is 12.5. The molecule has 0 unspecified atom stereocenters. The Bertz CT molecular complexity index is 964. The van der Waals surface area contributed by atoms with Crippen LogP contribution in [0.25, 0.3) is 11.1 Å². The number of nitrogens with zero attached hydrogens (tertiary/aromatic N) is 2. The summed E-state index contributed by atoms with van der Waals surface area (Å²) >= 11 is 0. The Morgan fingerprint density at radius 3 is 2.27 bits per heavy atom. The van der Waals surface area contributed by atoms with Gasteiger partial charge in [0, 0.05) is 24.0 Å². The number of ether oxygens (including phenoxy) is 2. The highest BCUT2D eigenvalue weighted by Gasteiger charge is 2.16. The molecule has 3 rings (SSSR count). The van der Waals surface area contributed by atoms with Crippen LogP contribution >= 0.6 is 0 Å². The van der Waals surface area contributed by atoms with Gasteiger partial charge in [-0.05, 0) is 23.8 Å². The molecule has 0 aliphatic rings. The molecule has 1 heterocycles. The Morgan fingerprint density at radius 2 is 1.58 bits per heavy atom. The zero-order valence-electron chi connectivity index (χ0n) is 13.8. The van der Waals surface area contributed by atoms with E-state index in [1.54, 1.807) is 30.6 Å². The summed E-state index contributed by atoms with van der Waals surface area (Å²) in [5.41, 5.74) is 1.28. The fourth-order valence-corrected chi connectivity index (χ4v) is 3.11. The molecular weight excluding hydrogens is 354 g/mol. The summed E-state index contributed by atoms with van der Waals surface area (Å²) in [6, 6.07) is 15.9. The third-order valence-corrected chi connectivity index (χ3v) is 4.42. The Morgan fingerprint density at radius 1 is 0.885 bits per heavy atom. The van der Waals surface area contributed by atoms with Gasteiger partial charge in [-0.25, -0.2) is 23.5 Å². The van der Waals surface area contributed by atoms with Crippen molar-refractivity contribution in [2.45, 2.75) is 4.90 Å². The normalized spacial score (nSPS) is 11.1. The number of aromatic nitrogens is 2. The predicted octanol–water partition coefficient (Wildman–Crippen LogP) is 2.25. The maximum Gasteiger partial charge on any atom is 0.316 e. The fourth-order valence-electron chi connectivity index (χ4n) is 2.34. The third kappa shape index (κ3) is 4.56. The number of rotatable bonds is 7. The van der Waals surface area contributed by atoms with E-state index in [1.165, 1.54) is 6.07 Å². The molecule has 0 atom stereocenters. The molecule has 0 saturated heterocycles. The van der Waals surface area contributed by atoms with E-state index in [0.29, 0.717) is 11.3 Å². The number of nitrogens with two attached hydrogens (primary N) is 1. The summed E-state index contributed by atoms with van der Waals surface area (Å²) < 4.78 is 34.8. The average molecular weight is 371 g/mol. The second-order valence-corrected chi connectivity index (χ2v) is 6.83. The van der Waals surface area contributed by atoms with Gasteiger partial charge in [-0.2, -0.15) is 0 Å². The summed E-state index contributed by atoms with van der Waals surface area (Å²) in [5.74, 6) is 0.381. The molecule has 2 N–H and O–H groups in total. The first kappa shape index (κ1) is 17.8. The van der Waals surface area contributed by atoms with Gasteiger partial charge < -0.3 is 9.47 Å². The standard InChI is InChI=1S/C18H17N3O4S/c19-26(22,23)17-13-15(7-8-16(17)14-5-2-1-3-6-14)24-11-12-25-18-20-9-4-10-21-18/h1-10,13H,11-12H2,(H2,19,22,23). The topological polar surface area (TPSA) is 104 Å². The van der Waals surface area contributed by atoms with Gasteiger partial charge in [-0.3, -0.25) is 0 Å². The molecule has 0 fully saturated rings. The molecule has 0 bridgehead atoms. The minimum atomic E-state index is -3.91. The molecular formula is C18H17N3O4S. The third-order valence-electron chi connectivity index (χ3n) is 3.47. The van der Waals surface area contributed by atoms with E-state index in [9.17, 15) is 8.42 Å². The molecule has 0 amide bonds. The van der Waals surface area contributed by atoms with Gasteiger partial charge in [0.25, 0.3) is 0 Å². The molecule has 0 radical (unpaired) electrons. The molecule has 2 aromatic carbocycles. The lowest BCUT2D eigenvalue weighted by atomic mass is 10.1. The van der Waals surface area contributed by atoms with E-state index in [-0.39, 0.29) is 24.1 Å². The highest BCUT2D eigenvalue weighted by molar-refractivity contribution is 7.89. The van der Waals surface area contributed by atoms with Gasteiger partial charge in [-0.1, -0.05) is 30.3 Å². The van der Waals surface area contributed by atoms with Crippen LogP contribution in [0.4, 0.5) is 0 Å². The molecule has 8 heteroatoms. The van der Waals surface area contributed by atoms with Gasteiger partial charge in [0.05, 0.1) is 4.90 Å². The van der Waals surface area contributed by atoms with Crippen molar-refractivity contribution in [3.63, 3.8) is 0 Å². The van der Waals surface area contributed by atoms with Crippen LogP contribution in [-0.2, 0) is 10.0 Å². The smallest absolute Gasteiger partial charge is 0.316 e. The second kappa shape index (κ2) is 7.94. The van der Waals surface area contributed by atoms with Gasteiger partial charge in [-0.15, -0.1) is 0 Å². The van der Waals surface area contributed by atoms with Gasteiger partial charge >= 0.3 is 6.01 Å². The summed E-state index contributed by atoms with van der Waals surface area (Å²) in [5, 5.41) is 5.37. The summed E-state index contributed by atoms with van der Waals surface area (Å²) in [6.45, 7) is 0.419. The lowest BCUT2D eigenvalue weighted by Crippen LogP contribution is -2.14. The van der Waals surface area contributed by atoms with Crippen molar-refractivity contribution in [3.8, 4) is 22.9 Å². The van der Waals surface area contributed by atoms with Crippen molar-refractivity contribution < 1.29 is 17.9 Å². The fraction of sp³-hybridized carbons (Fsp3) is 0.111.